The standard InChI is InChI=1S/C20H24Cl2N2O4S/c1-4-14(3)24(20(25)23-16-9-10-18(21)19(22)12-16)13-15-7-6-8-17(11-15)28-29(26,27)5-2/h6-12,14H,4-5,13H2,1-3H3,(H,23,25). The lowest BCUT2D eigenvalue weighted by atomic mass is 10.1. The molecule has 0 heterocycles. The maximum absolute atomic E-state index is 12.9. The van der Waals surface area contributed by atoms with Crippen molar-refractivity contribution in [3.05, 3.63) is 58.1 Å². The number of amides is 2. The van der Waals surface area contributed by atoms with Gasteiger partial charge >= 0.3 is 16.1 Å². The molecule has 158 valence electrons. The van der Waals surface area contributed by atoms with Gasteiger partial charge in [-0.05, 0) is 56.2 Å². The summed E-state index contributed by atoms with van der Waals surface area (Å²) in [4.78, 5) is 14.5. The third-order valence-electron chi connectivity index (χ3n) is 4.38. The summed E-state index contributed by atoms with van der Waals surface area (Å²) in [6.45, 7) is 5.72. The first-order chi connectivity index (χ1) is 13.6. The van der Waals surface area contributed by atoms with Crippen molar-refractivity contribution in [1.29, 1.82) is 0 Å². The van der Waals surface area contributed by atoms with Gasteiger partial charge in [-0.2, -0.15) is 8.42 Å². The zero-order chi connectivity index (χ0) is 21.6. The molecule has 2 aromatic rings. The first kappa shape index (κ1) is 23.3. The molecule has 9 heteroatoms. The van der Waals surface area contributed by atoms with E-state index in [1.165, 1.54) is 6.92 Å². The predicted molar refractivity (Wildman–Crippen MR) is 117 cm³/mol. The van der Waals surface area contributed by atoms with Gasteiger partial charge in [0.15, 0.2) is 0 Å². The zero-order valence-electron chi connectivity index (χ0n) is 16.5. The fraction of sp³-hybridized carbons (Fsp3) is 0.350. The Kier molecular flexibility index (Phi) is 8.19. The molecule has 0 saturated heterocycles. The molecule has 0 aliphatic rings. The Balaban J connectivity index is 2.20. The average Bonchev–Trinajstić information content (AvgIpc) is 2.68. The Bertz CT molecular complexity index is 967. The van der Waals surface area contributed by atoms with Crippen LogP contribution < -0.4 is 9.50 Å². The number of carbonyl (C=O) groups is 1. The van der Waals surface area contributed by atoms with Crippen LogP contribution in [0.25, 0.3) is 0 Å². The van der Waals surface area contributed by atoms with Crippen molar-refractivity contribution in [2.24, 2.45) is 0 Å². The molecule has 29 heavy (non-hydrogen) atoms. The summed E-state index contributed by atoms with van der Waals surface area (Å²) >= 11 is 11.9. The molecule has 0 aromatic heterocycles. The maximum atomic E-state index is 12.9. The van der Waals surface area contributed by atoms with Crippen LogP contribution in [0.1, 0.15) is 32.8 Å². The van der Waals surface area contributed by atoms with Crippen molar-refractivity contribution in [2.75, 3.05) is 11.1 Å². The number of nitrogens with zero attached hydrogens (tertiary/aromatic N) is 1. The molecule has 0 bridgehead atoms. The van der Waals surface area contributed by atoms with Crippen LogP contribution in [0.4, 0.5) is 10.5 Å². The van der Waals surface area contributed by atoms with Crippen LogP contribution in [0.15, 0.2) is 42.5 Å². The summed E-state index contributed by atoms with van der Waals surface area (Å²) in [5, 5.41) is 3.58. The highest BCUT2D eigenvalue weighted by Crippen LogP contribution is 2.26. The average molecular weight is 459 g/mol. The molecule has 1 unspecified atom stereocenters. The second-order valence-corrected chi connectivity index (χ2v) is 9.20. The number of nitrogens with one attached hydrogen (secondary N) is 1. The number of urea groups is 1. The van der Waals surface area contributed by atoms with E-state index in [2.05, 4.69) is 5.32 Å². The van der Waals surface area contributed by atoms with Crippen LogP contribution >= 0.6 is 23.2 Å². The zero-order valence-corrected chi connectivity index (χ0v) is 18.8. The highest BCUT2D eigenvalue weighted by atomic mass is 35.5. The van der Waals surface area contributed by atoms with Crippen molar-refractivity contribution < 1.29 is 17.4 Å². The molecule has 0 aliphatic carbocycles. The first-order valence-electron chi connectivity index (χ1n) is 9.19. The minimum atomic E-state index is -3.62. The van der Waals surface area contributed by atoms with E-state index >= 15 is 0 Å². The van der Waals surface area contributed by atoms with Crippen molar-refractivity contribution in [3.8, 4) is 5.75 Å². The molecule has 0 radical (unpaired) electrons. The molecular formula is C20H24Cl2N2O4S. The van der Waals surface area contributed by atoms with Crippen LogP contribution in [-0.2, 0) is 16.7 Å². The van der Waals surface area contributed by atoms with Gasteiger partial charge in [0, 0.05) is 18.3 Å². The van der Waals surface area contributed by atoms with E-state index in [4.69, 9.17) is 27.4 Å². The number of hydrogen-bond acceptors (Lipinski definition) is 4. The summed E-state index contributed by atoms with van der Waals surface area (Å²) in [7, 11) is -3.62. The highest BCUT2D eigenvalue weighted by molar-refractivity contribution is 7.87. The van der Waals surface area contributed by atoms with Crippen molar-refractivity contribution in [1.82, 2.24) is 4.90 Å². The Morgan fingerprint density at radius 3 is 2.48 bits per heavy atom. The lowest BCUT2D eigenvalue weighted by Gasteiger charge is -2.29. The fourth-order valence-electron chi connectivity index (χ4n) is 2.52. The van der Waals surface area contributed by atoms with E-state index in [0.29, 0.717) is 15.7 Å². The van der Waals surface area contributed by atoms with Gasteiger partial charge in [0.25, 0.3) is 0 Å². The first-order valence-corrected chi connectivity index (χ1v) is 11.5. The topological polar surface area (TPSA) is 75.7 Å². The van der Waals surface area contributed by atoms with Crippen LogP contribution in [0.2, 0.25) is 10.0 Å². The molecule has 0 saturated carbocycles. The predicted octanol–water partition coefficient (Wildman–Crippen LogP) is 5.55. The van der Waals surface area contributed by atoms with Gasteiger partial charge in [0.2, 0.25) is 0 Å². The third-order valence-corrected chi connectivity index (χ3v) is 6.28. The van der Waals surface area contributed by atoms with E-state index in [0.717, 1.165) is 12.0 Å². The van der Waals surface area contributed by atoms with E-state index in [1.54, 1.807) is 41.3 Å². The Morgan fingerprint density at radius 2 is 1.86 bits per heavy atom. The van der Waals surface area contributed by atoms with Crippen molar-refractivity contribution in [3.63, 3.8) is 0 Å². The molecule has 6 nitrogen and oxygen atoms in total. The number of halogens is 2. The summed E-state index contributed by atoms with van der Waals surface area (Å²) in [6.07, 6.45) is 0.745. The van der Waals surface area contributed by atoms with Crippen LogP contribution in [0, 0.1) is 0 Å². The molecule has 2 rings (SSSR count). The number of hydrogen-bond donors (Lipinski definition) is 1. The molecule has 2 aromatic carbocycles. The summed E-state index contributed by atoms with van der Waals surface area (Å²) < 4.78 is 28.5. The molecule has 0 fully saturated rings. The molecule has 2 amide bonds. The summed E-state index contributed by atoms with van der Waals surface area (Å²) in [5.41, 5.74) is 1.28. The minimum Gasteiger partial charge on any atom is -0.382 e. The molecular weight excluding hydrogens is 435 g/mol. The van der Waals surface area contributed by atoms with Crippen LogP contribution in [-0.4, -0.2) is 31.1 Å². The maximum Gasteiger partial charge on any atom is 0.322 e. The van der Waals surface area contributed by atoms with Crippen molar-refractivity contribution >= 4 is 45.0 Å². The fourth-order valence-corrected chi connectivity index (χ4v) is 3.33. The Hall–Kier alpha value is -1.96. The lowest BCUT2D eigenvalue weighted by Crippen LogP contribution is -2.40. The van der Waals surface area contributed by atoms with Crippen LogP contribution in [0.3, 0.4) is 0 Å². The molecule has 1 atom stereocenters. The lowest BCUT2D eigenvalue weighted by molar-refractivity contribution is 0.187. The van der Waals surface area contributed by atoms with E-state index in [9.17, 15) is 13.2 Å². The van der Waals surface area contributed by atoms with Gasteiger partial charge in [0.1, 0.15) is 5.75 Å². The second kappa shape index (κ2) is 10.2. The van der Waals surface area contributed by atoms with Crippen LogP contribution in [0.5, 0.6) is 5.75 Å². The van der Waals surface area contributed by atoms with E-state index in [1.807, 2.05) is 19.9 Å². The summed E-state index contributed by atoms with van der Waals surface area (Å²) in [6, 6.07) is 11.2. The van der Waals surface area contributed by atoms with Gasteiger partial charge in [0.05, 0.1) is 15.8 Å². The number of anilines is 1. The van der Waals surface area contributed by atoms with Gasteiger partial charge < -0.3 is 14.4 Å². The van der Waals surface area contributed by atoms with Gasteiger partial charge in [-0.25, -0.2) is 4.79 Å². The van der Waals surface area contributed by atoms with Gasteiger partial charge in [-0.1, -0.05) is 42.3 Å². The monoisotopic (exact) mass is 458 g/mol. The normalized spacial score (nSPS) is 12.3. The largest absolute Gasteiger partial charge is 0.382 e. The van der Waals surface area contributed by atoms with Gasteiger partial charge in [-0.3, -0.25) is 0 Å². The Morgan fingerprint density at radius 1 is 1.14 bits per heavy atom. The number of rotatable bonds is 8. The SMILES string of the molecule is CCC(C)N(Cc1cccc(OS(=O)(=O)CC)c1)C(=O)Nc1ccc(Cl)c(Cl)c1. The van der Waals surface area contributed by atoms with Gasteiger partial charge in [-0.15, -0.1) is 0 Å². The van der Waals surface area contributed by atoms with E-state index < -0.39 is 10.1 Å². The van der Waals surface area contributed by atoms with E-state index in [-0.39, 0.29) is 30.1 Å². The highest BCUT2D eigenvalue weighted by Gasteiger charge is 2.20. The Labute approximate surface area is 181 Å². The molecule has 0 aliphatic heterocycles. The minimum absolute atomic E-state index is 0.0540. The summed E-state index contributed by atoms with van der Waals surface area (Å²) in [5.74, 6) is 0.0979. The number of benzene rings is 2. The van der Waals surface area contributed by atoms with Crippen molar-refractivity contribution in [2.45, 2.75) is 39.8 Å². The smallest absolute Gasteiger partial charge is 0.322 e. The molecule has 1 N–H and O–H groups in total. The third kappa shape index (κ3) is 6.80. The molecule has 0 spiro atoms. The second-order valence-electron chi connectivity index (χ2n) is 6.52. The number of carbonyl (C=O) groups excluding carboxylic acids is 1. The quantitative estimate of drug-likeness (QED) is 0.525.